The molecule has 0 aliphatic rings. The summed E-state index contributed by atoms with van der Waals surface area (Å²) >= 11 is 6.16. The van der Waals surface area contributed by atoms with Crippen LogP contribution >= 0.6 is 11.6 Å². The van der Waals surface area contributed by atoms with E-state index < -0.39 is 0 Å². The smallest absolute Gasteiger partial charge is 0.157 e. The predicted molar refractivity (Wildman–Crippen MR) is 77.0 cm³/mol. The first-order valence-electron chi connectivity index (χ1n) is 5.87. The Kier molecular flexibility index (Phi) is 3.76. The molecule has 2 rings (SSSR count). The molecular formula is C13H15ClN4O. The number of aromatic nitrogens is 2. The summed E-state index contributed by atoms with van der Waals surface area (Å²) in [5.41, 5.74) is 6.63. The second-order valence-corrected chi connectivity index (χ2v) is 4.47. The van der Waals surface area contributed by atoms with Gasteiger partial charge >= 0.3 is 0 Å². The Balaban J connectivity index is 2.45. The molecule has 1 aromatic carbocycles. The van der Waals surface area contributed by atoms with Gasteiger partial charge in [-0.1, -0.05) is 18.5 Å². The molecule has 0 bridgehead atoms. The zero-order chi connectivity index (χ0) is 14.0. The molecule has 0 unspecified atom stereocenters. The van der Waals surface area contributed by atoms with Gasteiger partial charge in [0.05, 0.1) is 0 Å². The summed E-state index contributed by atoms with van der Waals surface area (Å²) in [7, 11) is 1.83. The van der Waals surface area contributed by atoms with Crippen LogP contribution in [0.5, 0.6) is 5.75 Å². The average molecular weight is 279 g/mol. The lowest BCUT2D eigenvalue weighted by molar-refractivity contribution is 0.475. The highest BCUT2D eigenvalue weighted by molar-refractivity contribution is 6.35. The molecular weight excluding hydrogens is 264 g/mol. The number of halogens is 1. The van der Waals surface area contributed by atoms with E-state index in [9.17, 15) is 5.11 Å². The van der Waals surface area contributed by atoms with Crippen molar-refractivity contribution in [3.05, 3.63) is 35.1 Å². The van der Waals surface area contributed by atoms with Gasteiger partial charge in [-0.15, -0.1) is 0 Å². The number of benzene rings is 1. The fourth-order valence-corrected chi connectivity index (χ4v) is 1.89. The largest absolute Gasteiger partial charge is 0.508 e. The van der Waals surface area contributed by atoms with Gasteiger partial charge < -0.3 is 15.7 Å². The van der Waals surface area contributed by atoms with E-state index in [1.807, 2.05) is 14.0 Å². The molecule has 0 saturated carbocycles. The summed E-state index contributed by atoms with van der Waals surface area (Å²) in [4.78, 5) is 10.3. The van der Waals surface area contributed by atoms with E-state index in [4.69, 9.17) is 17.3 Å². The van der Waals surface area contributed by atoms with Crippen molar-refractivity contribution in [1.29, 1.82) is 0 Å². The Labute approximate surface area is 116 Å². The maximum atomic E-state index is 9.30. The number of anilines is 3. The molecule has 0 atom stereocenters. The van der Waals surface area contributed by atoms with Gasteiger partial charge in [-0.3, -0.25) is 0 Å². The van der Waals surface area contributed by atoms with Crippen molar-refractivity contribution >= 4 is 28.9 Å². The van der Waals surface area contributed by atoms with Crippen molar-refractivity contribution in [2.24, 2.45) is 0 Å². The molecule has 0 fully saturated rings. The van der Waals surface area contributed by atoms with Gasteiger partial charge in [0, 0.05) is 19.2 Å². The third-order valence-electron chi connectivity index (χ3n) is 2.78. The van der Waals surface area contributed by atoms with Crippen molar-refractivity contribution in [2.45, 2.75) is 13.3 Å². The lowest BCUT2D eigenvalue weighted by atomic mass is 10.3. The predicted octanol–water partition coefficient (Wildman–Crippen LogP) is 2.75. The molecule has 6 heteroatoms. The quantitative estimate of drug-likeness (QED) is 0.903. The number of nitrogens with zero attached hydrogens (tertiary/aromatic N) is 3. The van der Waals surface area contributed by atoms with Gasteiger partial charge in [-0.05, 0) is 24.3 Å². The fourth-order valence-electron chi connectivity index (χ4n) is 1.68. The molecule has 19 heavy (non-hydrogen) atoms. The Morgan fingerprint density at radius 1 is 1.26 bits per heavy atom. The van der Waals surface area contributed by atoms with Crippen LogP contribution in [-0.2, 0) is 6.42 Å². The summed E-state index contributed by atoms with van der Waals surface area (Å²) in [6, 6.07) is 6.75. The summed E-state index contributed by atoms with van der Waals surface area (Å²) in [5, 5.41) is 9.63. The average Bonchev–Trinajstić information content (AvgIpc) is 2.41. The third kappa shape index (κ3) is 2.71. The highest BCUT2D eigenvalue weighted by Gasteiger charge is 2.15. The molecule has 1 heterocycles. The van der Waals surface area contributed by atoms with Crippen LogP contribution in [0, 0.1) is 0 Å². The van der Waals surface area contributed by atoms with E-state index in [-0.39, 0.29) is 11.6 Å². The zero-order valence-corrected chi connectivity index (χ0v) is 11.5. The van der Waals surface area contributed by atoms with Crippen LogP contribution in [0.1, 0.15) is 12.7 Å². The van der Waals surface area contributed by atoms with Crippen LogP contribution in [0.2, 0.25) is 5.02 Å². The minimum atomic E-state index is 0.208. The molecule has 0 radical (unpaired) electrons. The maximum absolute atomic E-state index is 9.30. The highest BCUT2D eigenvalue weighted by atomic mass is 35.5. The standard InChI is InChI=1S/C13H15ClN4O/c1-3-10-16-12(15)11(14)13(17-10)18(2)8-4-6-9(19)7-5-8/h4-7,19H,3H2,1-2H3,(H2,15,16,17). The number of hydrogen-bond donors (Lipinski definition) is 2. The third-order valence-corrected chi connectivity index (χ3v) is 3.14. The molecule has 2 aromatic rings. The second-order valence-electron chi connectivity index (χ2n) is 4.09. The van der Waals surface area contributed by atoms with E-state index in [0.717, 1.165) is 5.69 Å². The van der Waals surface area contributed by atoms with Crippen molar-refractivity contribution in [3.63, 3.8) is 0 Å². The molecule has 0 saturated heterocycles. The van der Waals surface area contributed by atoms with Crippen molar-refractivity contribution in [3.8, 4) is 5.75 Å². The first kappa shape index (κ1) is 13.4. The molecule has 3 N–H and O–H groups in total. The van der Waals surface area contributed by atoms with Crippen molar-refractivity contribution in [2.75, 3.05) is 17.7 Å². The van der Waals surface area contributed by atoms with E-state index in [0.29, 0.717) is 23.1 Å². The Morgan fingerprint density at radius 3 is 2.47 bits per heavy atom. The molecule has 0 amide bonds. The normalized spacial score (nSPS) is 10.5. The van der Waals surface area contributed by atoms with Gasteiger partial charge in [-0.2, -0.15) is 0 Å². The number of rotatable bonds is 3. The van der Waals surface area contributed by atoms with Crippen LogP contribution in [0.3, 0.4) is 0 Å². The highest BCUT2D eigenvalue weighted by Crippen LogP contribution is 2.32. The number of aryl methyl sites for hydroxylation is 1. The molecule has 0 aliphatic heterocycles. The number of nitrogens with two attached hydrogens (primary N) is 1. The summed E-state index contributed by atoms with van der Waals surface area (Å²) in [6.07, 6.45) is 0.678. The minimum Gasteiger partial charge on any atom is -0.508 e. The zero-order valence-electron chi connectivity index (χ0n) is 10.8. The second kappa shape index (κ2) is 5.32. The number of aromatic hydroxyl groups is 1. The van der Waals surface area contributed by atoms with Gasteiger partial charge in [0.2, 0.25) is 0 Å². The molecule has 0 spiro atoms. The van der Waals surface area contributed by atoms with E-state index in [2.05, 4.69) is 9.97 Å². The molecule has 5 nitrogen and oxygen atoms in total. The first-order chi connectivity index (χ1) is 9.02. The molecule has 0 aliphatic carbocycles. The number of hydrogen-bond acceptors (Lipinski definition) is 5. The van der Waals surface area contributed by atoms with Crippen LogP contribution in [-0.4, -0.2) is 22.1 Å². The monoisotopic (exact) mass is 278 g/mol. The molecule has 1 aromatic heterocycles. The van der Waals surface area contributed by atoms with Gasteiger partial charge in [0.25, 0.3) is 0 Å². The van der Waals surface area contributed by atoms with Gasteiger partial charge in [-0.25, -0.2) is 9.97 Å². The molecule has 100 valence electrons. The van der Waals surface area contributed by atoms with E-state index in [1.165, 1.54) is 0 Å². The summed E-state index contributed by atoms with van der Waals surface area (Å²) in [5.74, 6) is 1.67. The van der Waals surface area contributed by atoms with Crippen molar-refractivity contribution in [1.82, 2.24) is 9.97 Å². The Morgan fingerprint density at radius 2 is 1.89 bits per heavy atom. The number of phenols is 1. The topological polar surface area (TPSA) is 75.3 Å². The van der Waals surface area contributed by atoms with E-state index in [1.54, 1.807) is 29.2 Å². The SMILES string of the molecule is CCc1nc(N)c(Cl)c(N(C)c2ccc(O)cc2)n1. The van der Waals surface area contributed by atoms with Crippen LogP contribution in [0.15, 0.2) is 24.3 Å². The first-order valence-corrected chi connectivity index (χ1v) is 6.25. The Hall–Kier alpha value is -2.01. The lowest BCUT2D eigenvalue weighted by Gasteiger charge is -2.20. The summed E-state index contributed by atoms with van der Waals surface area (Å²) < 4.78 is 0. The van der Waals surface area contributed by atoms with E-state index >= 15 is 0 Å². The minimum absolute atomic E-state index is 0.208. The lowest BCUT2D eigenvalue weighted by Crippen LogP contribution is -2.14. The summed E-state index contributed by atoms with van der Waals surface area (Å²) in [6.45, 7) is 1.95. The fraction of sp³-hybridized carbons (Fsp3) is 0.231. The van der Waals surface area contributed by atoms with Crippen LogP contribution < -0.4 is 10.6 Å². The van der Waals surface area contributed by atoms with Gasteiger partial charge in [0.15, 0.2) is 5.82 Å². The maximum Gasteiger partial charge on any atom is 0.157 e. The Bertz CT molecular complexity index is 586. The number of nitrogen functional groups attached to an aromatic ring is 1. The van der Waals surface area contributed by atoms with Gasteiger partial charge in [0.1, 0.15) is 22.4 Å². The van der Waals surface area contributed by atoms with Crippen molar-refractivity contribution < 1.29 is 5.11 Å². The van der Waals surface area contributed by atoms with Crippen LogP contribution in [0.4, 0.5) is 17.3 Å². The number of phenolic OH excluding ortho intramolecular Hbond substituents is 1. The van der Waals surface area contributed by atoms with Crippen LogP contribution in [0.25, 0.3) is 0 Å².